The monoisotopic (exact) mass is 239 g/mol. The smallest absolute Gasteiger partial charge is 0.000744 e. The molecular formula is C16H33N. The molecule has 0 atom stereocenters. The molecule has 102 valence electrons. The Morgan fingerprint density at radius 3 is 1.41 bits per heavy atom. The van der Waals surface area contributed by atoms with E-state index in [1.807, 2.05) is 0 Å². The Morgan fingerprint density at radius 2 is 1.06 bits per heavy atom. The zero-order valence-corrected chi connectivity index (χ0v) is 12.0. The maximum Gasteiger partial charge on any atom is 0.000744 e. The third kappa shape index (κ3) is 15.5. The van der Waals surface area contributed by atoms with Gasteiger partial charge >= 0.3 is 0 Å². The van der Waals surface area contributed by atoms with Crippen molar-refractivity contribution in [2.24, 2.45) is 5.73 Å². The standard InChI is InChI=1S/C16H33N/c1-3-4-5-6-7-8-9-10-11-12-13-14-15-16(2)17/h2-15,17H2,1H3. The molecule has 0 rings (SSSR count). The van der Waals surface area contributed by atoms with E-state index in [4.69, 9.17) is 5.73 Å². The van der Waals surface area contributed by atoms with Crippen molar-refractivity contribution in [3.05, 3.63) is 12.3 Å². The summed E-state index contributed by atoms with van der Waals surface area (Å²) in [7, 11) is 0. The summed E-state index contributed by atoms with van der Waals surface area (Å²) in [6.45, 7) is 6.00. The van der Waals surface area contributed by atoms with Crippen LogP contribution in [-0.2, 0) is 0 Å². The van der Waals surface area contributed by atoms with E-state index >= 15 is 0 Å². The van der Waals surface area contributed by atoms with Crippen LogP contribution in [0.1, 0.15) is 90.4 Å². The van der Waals surface area contributed by atoms with E-state index in [1.165, 1.54) is 77.0 Å². The molecule has 0 amide bonds. The minimum absolute atomic E-state index is 0.845. The summed E-state index contributed by atoms with van der Waals surface area (Å²) in [6, 6.07) is 0. The lowest BCUT2D eigenvalue weighted by atomic mass is 10.0. The molecule has 2 N–H and O–H groups in total. The summed E-state index contributed by atoms with van der Waals surface area (Å²) >= 11 is 0. The molecule has 0 aromatic carbocycles. The molecule has 0 aliphatic carbocycles. The molecule has 0 bridgehead atoms. The maximum atomic E-state index is 5.53. The molecule has 0 aliphatic heterocycles. The van der Waals surface area contributed by atoms with E-state index < -0.39 is 0 Å². The van der Waals surface area contributed by atoms with E-state index in [9.17, 15) is 0 Å². The Hall–Kier alpha value is -0.460. The van der Waals surface area contributed by atoms with Crippen molar-refractivity contribution >= 4 is 0 Å². The number of rotatable bonds is 13. The predicted octanol–water partition coefficient (Wildman–Crippen LogP) is 5.55. The van der Waals surface area contributed by atoms with Crippen LogP contribution in [-0.4, -0.2) is 0 Å². The van der Waals surface area contributed by atoms with Crippen LogP contribution >= 0.6 is 0 Å². The van der Waals surface area contributed by atoms with Gasteiger partial charge in [0.2, 0.25) is 0 Å². The topological polar surface area (TPSA) is 26.0 Å². The Labute approximate surface area is 109 Å². The Bertz CT molecular complexity index is 163. The van der Waals surface area contributed by atoms with Crippen LogP contribution in [0.2, 0.25) is 0 Å². The second-order valence-electron chi connectivity index (χ2n) is 5.30. The van der Waals surface area contributed by atoms with Gasteiger partial charge in [0.1, 0.15) is 0 Å². The van der Waals surface area contributed by atoms with Gasteiger partial charge in [0.05, 0.1) is 0 Å². The average Bonchev–Trinajstić information content (AvgIpc) is 2.30. The van der Waals surface area contributed by atoms with Crippen LogP contribution < -0.4 is 5.73 Å². The highest BCUT2D eigenvalue weighted by molar-refractivity contribution is 4.84. The molecule has 0 aliphatic rings. The molecule has 1 nitrogen and oxygen atoms in total. The van der Waals surface area contributed by atoms with Gasteiger partial charge < -0.3 is 5.73 Å². The summed E-state index contributed by atoms with van der Waals surface area (Å²) in [5.74, 6) is 0. The van der Waals surface area contributed by atoms with Crippen LogP contribution in [0.3, 0.4) is 0 Å². The van der Waals surface area contributed by atoms with Crippen molar-refractivity contribution < 1.29 is 0 Å². The first-order chi connectivity index (χ1) is 8.27. The van der Waals surface area contributed by atoms with Crippen LogP contribution in [0.5, 0.6) is 0 Å². The molecule has 1 heteroatoms. The van der Waals surface area contributed by atoms with E-state index in [0.29, 0.717) is 0 Å². The normalized spacial score (nSPS) is 10.6. The van der Waals surface area contributed by atoms with Crippen LogP contribution in [0.4, 0.5) is 0 Å². The number of hydrogen-bond acceptors (Lipinski definition) is 1. The van der Waals surface area contributed by atoms with Crippen LogP contribution in [0, 0.1) is 0 Å². The first-order valence-corrected chi connectivity index (χ1v) is 7.70. The summed E-state index contributed by atoms with van der Waals surface area (Å²) < 4.78 is 0. The number of hydrogen-bond donors (Lipinski definition) is 1. The Morgan fingerprint density at radius 1 is 0.706 bits per heavy atom. The lowest BCUT2D eigenvalue weighted by Gasteiger charge is -2.02. The van der Waals surface area contributed by atoms with E-state index in [0.717, 1.165) is 12.1 Å². The number of unbranched alkanes of at least 4 members (excludes halogenated alkanes) is 11. The van der Waals surface area contributed by atoms with Gasteiger partial charge in [-0.2, -0.15) is 0 Å². The minimum atomic E-state index is 0.845. The predicted molar refractivity (Wildman–Crippen MR) is 79.0 cm³/mol. The average molecular weight is 239 g/mol. The van der Waals surface area contributed by atoms with Gasteiger partial charge in [-0.1, -0.05) is 84.1 Å². The fourth-order valence-corrected chi connectivity index (χ4v) is 2.19. The molecule has 0 saturated heterocycles. The van der Waals surface area contributed by atoms with Crippen LogP contribution in [0.15, 0.2) is 12.3 Å². The Balaban J connectivity index is 2.91. The van der Waals surface area contributed by atoms with Gasteiger partial charge in [-0.3, -0.25) is 0 Å². The highest BCUT2D eigenvalue weighted by atomic mass is 14.5. The molecule has 17 heavy (non-hydrogen) atoms. The SMILES string of the molecule is C=C(N)CCCCCCCCCCCCCC. The zero-order valence-electron chi connectivity index (χ0n) is 12.0. The van der Waals surface area contributed by atoms with Gasteiger partial charge in [0, 0.05) is 5.70 Å². The Kier molecular flexibility index (Phi) is 13.2. The van der Waals surface area contributed by atoms with Gasteiger partial charge in [-0.15, -0.1) is 0 Å². The van der Waals surface area contributed by atoms with Crippen molar-refractivity contribution in [3.63, 3.8) is 0 Å². The lowest BCUT2D eigenvalue weighted by molar-refractivity contribution is 0.543. The molecular weight excluding hydrogens is 206 g/mol. The zero-order chi connectivity index (χ0) is 12.8. The van der Waals surface area contributed by atoms with E-state index in [1.54, 1.807) is 0 Å². The lowest BCUT2D eigenvalue weighted by Crippen LogP contribution is -1.93. The first-order valence-electron chi connectivity index (χ1n) is 7.70. The molecule has 0 spiro atoms. The summed E-state index contributed by atoms with van der Waals surface area (Å²) in [4.78, 5) is 0. The first kappa shape index (κ1) is 16.5. The molecule has 0 radical (unpaired) electrons. The number of nitrogens with two attached hydrogens (primary N) is 1. The fourth-order valence-electron chi connectivity index (χ4n) is 2.19. The highest BCUT2D eigenvalue weighted by Crippen LogP contribution is 2.12. The van der Waals surface area contributed by atoms with Gasteiger partial charge in [-0.05, 0) is 12.8 Å². The van der Waals surface area contributed by atoms with Crippen molar-refractivity contribution in [2.75, 3.05) is 0 Å². The molecule has 0 unspecified atom stereocenters. The quantitative estimate of drug-likeness (QED) is 0.419. The fraction of sp³-hybridized carbons (Fsp3) is 0.875. The van der Waals surface area contributed by atoms with Gasteiger partial charge in [-0.25, -0.2) is 0 Å². The second-order valence-corrected chi connectivity index (χ2v) is 5.30. The molecule has 0 aromatic heterocycles. The van der Waals surface area contributed by atoms with Crippen molar-refractivity contribution in [2.45, 2.75) is 90.4 Å². The molecule has 0 fully saturated rings. The minimum Gasteiger partial charge on any atom is -0.403 e. The molecule has 0 saturated carbocycles. The second kappa shape index (κ2) is 13.6. The van der Waals surface area contributed by atoms with E-state index in [2.05, 4.69) is 13.5 Å². The van der Waals surface area contributed by atoms with Crippen LogP contribution in [0.25, 0.3) is 0 Å². The van der Waals surface area contributed by atoms with Gasteiger partial charge in [0.25, 0.3) is 0 Å². The molecule has 0 aromatic rings. The van der Waals surface area contributed by atoms with Gasteiger partial charge in [0.15, 0.2) is 0 Å². The molecule has 0 heterocycles. The van der Waals surface area contributed by atoms with Crippen molar-refractivity contribution in [3.8, 4) is 0 Å². The van der Waals surface area contributed by atoms with Crippen molar-refractivity contribution in [1.29, 1.82) is 0 Å². The highest BCUT2D eigenvalue weighted by Gasteiger charge is 1.93. The third-order valence-electron chi connectivity index (χ3n) is 3.35. The summed E-state index contributed by atoms with van der Waals surface area (Å²) in [5.41, 5.74) is 6.37. The largest absolute Gasteiger partial charge is 0.403 e. The number of allylic oxidation sites excluding steroid dienone is 1. The van der Waals surface area contributed by atoms with Crippen molar-refractivity contribution in [1.82, 2.24) is 0 Å². The summed E-state index contributed by atoms with van der Waals surface area (Å²) in [5, 5.41) is 0. The summed E-state index contributed by atoms with van der Waals surface area (Å²) in [6.07, 6.45) is 17.8. The maximum absolute atomic E-state index is 5.53. The van der Waals surface area contributed by atoms with E-state index in [-0.39, 0.29) is 0 Å². The third-order valence-corrected chi connectivity index (χ3v) is 3.35.